The Balaban J connectivity index is 1.86. The van der Waals surface area contributed by atoms with Crippen molar-refractivity contribution < 1.29 is 14.6 Å². The summed E-state index contributed by atoms with van der Waals surface area (Å²) in [6, 6.07) is 0. The highest BCUT2D eigenvalue weighted by atomic mass is 32.2. The van der Waals surface area contributed by atoms with Gasteiger partial charge in [0.2, 0.25) is 0 Å². The smallest absolute Gasteiger partial charge is 0.112 e. The Morgan fingerprint density at radius 2 is 2.46 bits per heavy atom. The van der Waals surface area contributed by atoms with Crippen LogP contribution in [0.25, 0.3) is 0 Å². The lowest BCUT2D eigenvalue weighted by atomic mass is 10.7. The molecular weight excluding hydrogens is 208 g/mol. The first-order valence-corrected chi connectivity index (χ1v) is 6.63. The number of rotatable bonds is 6. The van der Waals surface area contributed by atoms with Crippen LogP contribution in [0, 0.1) is 0 Å². The second-order valence-electron chi connectivity index (χ2n) is 2.58. The summed E-state index contributed by atoms with van der Waals surface area (Å²) in [4.78, 5) is 0. The molecule has 1 heterocycles. The third-order valence-electron chi connectivity index (χ3n) is 1.55. The average Bonchev–Trinajstić information content (AvgIpc) is 2.19. The molecule has 0 aromatic rings. The van der Waals surface area contributed by atoms with E-state index >= 15 is 0 Å². The van der Waals surface area contributed by atoms with Crippen molar-refractivity contribution in [2.24, 2.45) is 0 Å². The van der Waals surface area contributed by atoms with Crippen LogP contribution >= 0.6 is 23.5 Å². The topological polar surface area (TPSA) is 38.7 Å². The Kier molecular flexibility index (Phi) is 7.11. The van der Waals surface area contributed by atoms with Crippen LogP contribution in [-0.2, 0) is 9.47 Å². The molecule has 1 fully saturated rings. The summed E-state index contributed by atoms with van der Waals surface area (Å²) < 4.78 is 10.7. The molecule has 0 spiro atoms. The fourth-order valence-electron chi connectivity index (χ4n) is 0.967. The van der Waals surface area contributed by atoms with Gasteiger partial charge >= 0.3 is 0 Å². The highest BCUT2D eigenvalue weighted by molar-refractivity contribution is 8.03. The van der Waals surface area contributed by atoms with Crippen LogP contribution in [-0.4, -0.2) is 54.2 Å². The lowest BCUT2D eigenvalue weighted by Gasteiger charge is -2.21. The van der Waals surface area contributed by atoms with Gasteiger partial charge in [0.25, 0.3) is 0 Å². The zero-order valence-corrected chi connectivity index (χ0v) is 9.24. The van der Waals surface area contributed by atoms with Crippen molar-refractivity contribution >= 4 is 23.5 Å². The summed E-state index contributed by atoms with van der Waals surface area (Å²) >= 11 is 3.74. The van der Waals surface area contributed by atoms with Gasteiger partial charge in [-0.3, -0.25) is 0 Å². The molecule has 0 amide bonds. The van der Waals surface area contributed by atoms with E-state index in [9.17, 15) is 0 Å². The Bertz CT molecular complexity index is 118. The fourth-order valence-corrected chi connectivity index (χ4v) is 2.98. The van der Waals surface area contributed by atoms with Gasteiger partial charge < -0.3 is 14.6 Å². The first kappa shape index (κ1) is 11.7. The van der Waals surface area contributed by atoms with Gasteiger partial charge in [0.05, 0.1) is 26.4 Å². The zero-order valence-electron chi connectivity index (χ0n) is 7.61. The lowest BCUT2D eigenvalue weighted by molar-refractivity contribution is 0.102. The van der Waals surface area contributed by atoms with Crippen molar-refractivity contribution in [3.05, 3.63) is 0 Å². The lowest BCUT2D eigenvalue weighted by Crippen LogP contribution is -2.20. The number of thioether (sulfide) groups is 2. The Morgan fingerprint density at radius 1 is 1.54 bits per heavy atom. The predicted octanol–water partition coefficient (Wildman–Crippen LogP) is 0.818. The first-order valence-electron chi connectivity index (χ1n) is 4.43. The molecule has 1 rings (SSSR count). The van der Waals surface area contributed by atoms with E-state index in [1.807, 2.05) is 11.8 Å². The van der Waals surface area contributed by atoms with Gasteiger partial charge in [-0.15, -0.1) is 11.8 Å². The number of ether oxygens (including phenoxy) is 2. The Labute approximate surface area is 87.6 Å². The van der Waals surface area contributed by atoms with E-state index in [4.69, 9.17) is 14.6 Å². The van der Waals surface area contributed by atoms with Crippen molar-refractivity contribution in [1.82, 2.24) is 0 Å². The molecular formula is C8H16O3S2. The molecule has 0 bridgehead atoms. The second kappa shape index (κ2) is 7.94. The van der Waals surface area contributed by atoms with Crippen molar-refractivity contribution in [2.75, 3.05) is 43.7 Å². The minimum absolute atomic E-state index is 0.112. The van der Waals surface area contributed by atoms with Crippen molar-refractivity contribution in [1.29, 1.82) is 0 Å². The van der Waals surface area contributed by atoms with Gasteiger partial charge in [-0.1, -0.05) is 0 Å². The highest BCUT2D eigenvalue weighted by Gasteiger charge is 2.13. The number of hydrogen-bond acceptors (Lipinski definition) is 5. The van der Waals surface area contributed by atoms with E-state index in [1.54, 1.807) is 11.8 Å². The summed E-state index contributed by atoms with van der Waals surface area (Å²) in [6.07, 6.45) is 0. The standard InChI is InChI=1S/C8H16O3S2/c9-1-2-10-3-6-13-8-7-12-5-4-11-8/h8-9H,1-7H2. The van der Waals surface area contributed by atoms with E-state index in [2.05, 4.69) is 0 Å². The van der Waals surface area contributed by atoms with Crippen LogP contribution in [0.2, 0.25) is 0 Å². The van der Waals surface area contributed by atoms with Crippen molar-refractivity contribution in [3.8, 4) is 0 Å². The van der Waals surface area contributed by atoms with Crippen LogP contribution in [0.4, 0.5) is 0 Å². The van der Waals surface area contributed by atoms with Gasteiger partial charge in [0.15, 0.2) is 0 Å². The van der Waals surface area contributed by atoms with Crippen LogP contribution < -0.4 is 0 Å². The molecule has 0 aliphatic carbocycles. The third kappa shape index (κ3) is 5.80. The predicted molar refractivity (Wildman–Crippen MR) is 57.4 cm³/mol. The maximum absolute atomic E-state index is 8.45. The molecule has 0 radical (unpaired) electrons. The maximum Gasteiger partial charge on any atom is 0.112 e. The van der Waals surface area contributed by atoms with Gasteiger partial charge in [0.1, 0.15) is 5.44 Å². The van der Waals surface area contributed by atoms with Crippen LogP contribution in [0.5, 0.6) is 0 Å². The zero-order chi connectivity index (χ0) is 9.36. The summed E-state index contributed by atoms with van der Waals surface area (Å²) in [5, 5.41) is 8.45. The minimum Gasteiger partial charge on any atom is -0.394 e. The van der Waals surface area contributed by atoms with E-state index in [-0.39, 0.29) is 6.61 Å². The van der Waals surface area contributed by atoms with Crippen molar-refractivity contribution in [2.45, 2.75) is 5.44 Å². The summed E-state index contributed by atoms with van der Waals surface area (Å²) in [6.45, 7) is 2.14. The molecule has 1 unspecified atom stereocenters. The molecule has 1 saturated heterocycles. The molecule has 0 saturated carbocycles. The van der Waals surface area contributed by atoms with E-state index in [0.717, 1.165) is 23.9 Å². The summed E-state index contributed by atoms with van der Waals surface area (Å²) in [5.41, 5.74) is 0.344. The molecule has 78 valence electrons. The molecule has 3 nitrogen and oxygen atoms in total. The molecule has 0 aromatic heterocycles. The van der Waals surface area contributed by atoms with E-state index in [0.29, 0.717) is 18.6 Å². The molecule has 1 N–H and O–H groups in total. The fraction of sp³-hybridized carbons (Fsp3) is 1.00. The first-order chi connectivity index (χ1) is 6.43. The van der Waals surface area contributed by atoms with Crippen LogP contribution in [0.3, 0.4) is 0 Å². The molecule has 1 aliphatic heterocycles. The maximum atomic E-state index is 8.45. The molecule has 1 atom stereocenters. The Morgan fingerprint density at radius 3 is 3.15 bits per heavy atom. The quantitative estimate of drug-likeness (QED) is 0.676. The second-order valence-corrected chi connectivity index (χ2v) is 5.00. The largest absolute Gasteiger partial charge is 0.394 e. The van der Waals surface area contributed by atoms with Crippen LogP contribution in [0.15, 0.2) is 0 Å². The van der Waals surface area contributed by atoms with Gasteiger partial charge in [-0.2, -0.15) is 11.8 Å². The van der Waals surface area contributed by atoms with E-state index < -0.39 is 0 Å². The normalized spacial score (nSPS) is 23.3. The summed E-state index contributed by atoms with van der Waals surface area (Å²) in [7, 11) is 0. The molecule has 1 aliphatic rings. The number of hydrogen-bond donors (Lipinski definition) is 1. The summed E-state index contributed by atoms with van der Waals surface area (Å²) in [5.74, 6) is 3.16. The Hall–Kier alpha value is 0.580. The number of aliphatic hydroxyl groups is 1. The average molecular weight is 224 g/mol. The highest BCUT2D eigenvalue weighted by Crippen LogP contribution is 2.21. The third-order valence-corrected chi connectivity index (χ3v) is 3.83. The molecule has 5 heteroatoms. The molecule has 13 heavy (non-hydrogen) atoms. The van der Waals surface area contributed by atoms with E-state index in [1.165, 1.54) is 0 Å². The van der Waals surface area contributed by atoms with Crippen LogP contribution in [0.1, 0.15) is 0 Å². The number of aliphatic hydroxyl groups excluding tert-OH is 1. The molecule has 0 aromatic carbocycles. The van der Waals surface area contributed by atoms with Crippen molar-refractivity contribution in [3.63, 3.8) is 0 Å². The van der Waals surface area contributed by atoms with Gasteiger partial charge in [0, 0.05) is 17.3 Å². The minimum atomic E-state index is 0.112. The monoisotopic (exact) mass is 224 g/mol. The van der Waals surface area contributed by atoms with Gasteiger partial charge in [-0.05, 0) is 0 Å². The van der Waals surface area contributed by atoms with Gasteiger partial charge in [-0.25, -0.2) is 0 Å². The SMILES string of the molecule is OCCOCCSC1CSCCO1.